The average molecular weight is 534 g/mol. The quantitative estimate of drug-likeness (QED) is 0.261. The third kappa shape index (κ3) is 7.23. The van der Waals surface area contributed by atoms with Crippen molar-refractivity contribution in [2.75, 3.05) is 20.2 Å². The highest BCUT2D eigenvalue weighted by Gasteiger charge is 2.05. The van der Waals surface area contributed by atoms with E-state index in [2.05, 4.69) is 44.8 Å². The van der Waals surface area contributed by atoms with Crippen LogP contribution in [0.5, 0.6) is 5.75 Å². The molecular formula is C23H31IN6O. The Morgan fingerprint density at radius 1 is 1.06 bits per heavy atom. The third-order valence-corrected chi connectivity index (χ3v) is 4.66. The lowest BCUT2D eigenvalue weighted by atomic mass is 10.1. The van der Waals surface area contributed by atoms with Gasteiger partial charge in [-0.2, -0.15) is 5.10 Å². The van der Waals surface area contributed by atoms with Gasteiger partial charge in [-0.05, 0) is 62.6 Å². The van der Waals surface area contributed by atoms with Gasteiger partial charge >= 0.3 is 0 Å². The molecule has 3 aromatic rings. The van der Waals surface area contributed by atoms with Gasteiger partial charge in [0.1, 0.15) is 5.75 Å². The number of ether oxygens (including phenoxy) is 1. The second kappa shape index (κ2) is 12.3. The van der Waals surface area contributed by atoms with E-state index in [1.54, 1.807) is 7.11 Å². The summed E-state index contributed by atoms with van der Waals surface area (Å²) in [6.45, 7) is 8.24. The van der Waals surface area contributed by atoms with E-state index in [-0.39, 0.29) is 24.0 Å². The molecule has 0 unspecified atom stereocenters. The molecule has 8 heteroatoms. The minimum atomic E-state index is 0. The zero-order valence-electron chi connectivity index (χ0n) is 18.6. The zero-order valence-corrected chi connectivity index (χ0v) is 20.9. The number of hydrogen-bond donors (Lipinski definition) is 2. The molecule has 3 rings (SSSR count). The van der Waals surface area contributed by atoms with Gasteiger partial charge in [0.15, 0.2) is 11.8 Å². The van der Waals surface area contributed by atoms with Crippen LogP contribution in [0.2, 0.25) is 0 Å². The summed E-state index contributed by atoms with van der Waals surface area (Å²) >= 11 is 0. The van der Waals surface area contributed by atoms with E-state index in [1.807, 2.05) is 55.1 Å². The topological polar surface area (TPSA) is 76.4 Å². The second-order valence-electron chi connectivity index (χ2n) is 7.08. The molecule has 0 amide bonds. The van der Waals surface area contributed by atoms with E-state index in [4.69, 9.17) is 4.74 Å². The van der Waals surface area contributed by atoms with Crippen LogP contribution in [0.15, 0.2) is 53.7 Å². The molecule has 0 fully saturated rings. The fourth-order valence-corrected chi connectivity index (χ4v) is 3.13. The normalized spacial score (nSPS) is 11.0. The lowest BCUT2D eigenvalue weighted by molar-refractivity contribution is 0.414. The number of hydrogen-bond acceptors (Lipinski definition) is 4. The van der Waals surface area contributed by atoms with Crippen LogP contribution in [0.4, 0.5) is 0 Å². The highest BCUT2D eigenvalue weighted by atomic mass is 127. The smallest absolute Gasteiger partial charge is 0.191 e. The second-order valence-corrected chi connectivity index (χ2v) is 7.08. The van der Waals surface area contributed by atoms with E-state index < -0.39 is 0 Å². The van der Waals surface area contributed by atoms with Gasteiger partial charge in [0.2, 0.25) is 0 Å². The third-order valence-electron chi connectivity index (χ3n) is 4.66. The van der Waals surface area contributed by atoms with Crippen LogP contribution in [0.1, 0.15) is 29.4 Å². The van der Waals surface area contributed by atoms with Crippen molar-refractivity contribution >= 4 is 29.9 Å². The molecule has 31 heavy (non-hydrogen) atoms. The van der Waals surface area contributed by atoms with Crippen LogP contribution < -0.4 is 15.4 Å². The summed E-state index contributed by atoms with van der Waals surface area (Å²) in [5.41, 5.74) is 4.36. The van der Waals surface area contributed by atoms with Gasteiger partial charge in [0, 0.05) is 25.0 Å². The number of nitrogens with one attached hydrogen (secondary N) is 2. The fourth-order valence-electron chi connectivity index (χ4n) is 3.13. The molecule has 0 aliphatic heterocycles. The molecule has 166 valence electrons. The van der Waals surface area contributed by atoms with Gasteiger partial charge in [0.25, 0.3) is 0 Å². The van der Waals surface area contributed by atoms with Gasteiger partial charge in [-0.3, -0.25) is 0 Å². The van der Waals surface area contributed by atoms with Crippen molar-refractivity contribution in [1.82, 2.24) is 25.4 Å². The van der Waals surface area contributed by atoms with Crippen molar-refractivity contribution in [2.45, 2.75) is 33.7 Å². The summed E-state index contributed by atoms with van der Waals surface area (Å²) in [5.74, 6) is 2.49. The summed E-state index contributed by atoms with van der Waals surface area (Å²) in [6.07, 6.45) is 2.77. The SMILES string of the molecule is CCNC(=NCc1ccc(-n2nc(C)cc2C)nc1)NCCc1ccc(OC)cc1.I. The first-order valence-corrected chi connectivity index (χ1v) is 10.2. The van der Waals surface area contributed by atoms with Crippen LogP contribution in [-0.2, 0) is 13.0 Å². The molecule has 0 radical (unpaired) electrons. The minimum absolute atomic E-state index is 0. The first-order chi connectivity index (χ1) is 14.6. The number of methoxy groups -OCH3 is 1. The number of aliphatic imine (C=N–C) groups is 1. The molecule has 1 aromatic carbocycles. The highest BCUT2D eigenvalue weighted by Crippen LogP contribution is 2.12. The summed E-state index contributed by atoms with van der Waals surface area (Å²) < 4.78 is 7.06. The van der Waals surface area contributed by atoms with Crippen molar-refractivity contribution in [2.24, 2.45) is 4.99 Å². The summed E-state index contributed by atoms with van der Waals surface area (Å²) in [7, 11) is 1.68. The molecule has 0 saturated heterocycles. The molecule has 7 nitrogen and oxygen atoms in total. The van der Waals surface area contributed by atoms with Crippen molar-refractivity contribution in [3.05, 3.63) is 71.2 Å². The van der Waals surface area contributed by atoms with E-state index in [1.165, 1.54) is 5.56 Å². The Hall–Kier alpha value is -2.62. The Morgan fingerprint density at radius 3 is 2.39 bits per heavy atom. The molecule has 2 aromatic heterocycles. The zero-order chi connectivity index (χ0) is 21.3. The number of guanidine groups is 1. The van der Waals surface area contributed by atoms with Crippen LogP contribution in [0.3, 0.4) is 0 Å². The Morgan fingerprint density at radius 2 is 1.81 bits per heavy atom. The predicted octanol–water partition coefficient (Wildman–Crippen LogP) is 3.81. The molecule has 0 bridgehead atoms. The molecule has 0 aliphatic rings. The standard InChI is InChI=1S/C23H30N6O.HI/c1-5-24-23(25-13-12-19-6-9-21(30-4)10-7-19)27-16-20-8-11-22(26-15-20)29-18(3)14-17(2)28-29;/h6-11,14-15H,5,12-13,16H2,1-4H3,(H2,24,25,27);1H. The highest BCUT2D eigenvalue weighted by molar-refractivity contribution is 14.0. The Bertz CT molecular complexity index is 967. The molecule has 0 atom stereocenters. The van der Waals surface area contributed by atoms with Crippen molar-refractivity contribution in [3.8, 4) is 11.6 Å². The first-order valence-electron chi connectivity index (χ1n) is 10.2. The maximum Gasteiger partial charge on any atom is 0.191 e. The maximum atomic E-state index is 5.20. The van der Waals surface area contributed by atoms with Gasteiger partial charge in [0.05, 0.1) is 19.3 Å². The number of benzene rings is 1. The molecule has 0 aliphatic carbocycles. The van der Waals surface area contributed by atoms with E-state index >= 15 is 0 Å². The fraction of sp³-hybridized carbons (Fsp3) is 0.348. The van der Waals surface area contributed by atoms with Crippen LogP contribution in [0, 0.1) is 13.8 Å². The summed E-state index contributed by atoms with van der Waals surface area (Å²) in [5, 5.41) is 11.2. The number of rotatable bonds is 8. The minimum Gasteiger partial charge on any atom is -0.497 e. The summed E-state index contributed by atoms with van der Waals surface area (Å²) in [4.78, 5) is 9.22. The van der Waals surface area contributed by atoms with Crippen LogP contribution in [-0.4, -0.2) is 40.9 Å². The van der Waals surface area contributed by atoms with Crippen LogP contribution >= 0.6 is 24.0 Å². The first kappa shape index (κ1) is 24.6. The molecule has 2 N–H and O–H groups in total. The Kier molecular flexibility index (Phi) is 9.77. The number of halogens is 1. The van der Waals surface area contributed by atoms with E-state index in [0.29, 0.717) is 6.54 Å². The van der Waals surface area contributed by atoms with Crippen molar-refractivity contribution < 1.29 is 4.74 Å². The number of nitrogens with zero attached hydrogens (tertiary/aromatic N) is 4. The van der Waals surface area contributed by atoms with Gasteiger partial charge in [-0.15, -0.1) is 24.0 Å². The molecule has 2 heterocycles. The number of pyridine rings is 1. The van der Waals surface area contributed by atoms with E-state index in [0.717, 1.165) is 54.0 Å². The Labute approximate surface area is 201 Å². The average Bonchev–Trinajstić information content (AvgIpc) is 3.10. The van der Waals surface area contributed by atoms with Gasteiger partial charge < -0.3 is 15.4 Å². The Balaban J connectivity index is 0.00000341. The molecule has 0 saturated carbocycles. The summed E-state index contributed by atoms with van der Waals surface area (Å²) in [6, 6.07) is 14.2. The number of aryl methyl sites for hydroxylation is 2. The lowest BCUT2D eigenvalue weighted by Crippen LogP contribution is -2.38. The number of aromatic nitrogens is 3. The van der Waals surface area contributed by atoms with Gasteiger partial charge in [-0.1, -0.05) is 18.2 Å². The monoisotopic (exact) mass is 534 g/mol. The lowest BCUT2D eigenvalue weighted by Gasteiger charge is -2.11. The van der Waals surface area contributed by atoms with Gasteiger partial charge in [-0.25, -0.2) is 14.7 Å². The molecular weight excluding hydrogens is 503 g/mol. The van der Waals surface area contributed by atoms with Crippen molar-refractivity contribution in [1.29, 1.82) is 0 Å². The van der Waals surface area contributed by atoms with Crippen LogP contribution in [0.25, 0.3) is 5.82 Å². The molecule has 0 spiro atoms. The van der Waals surface area contributed by atoms with E-state index in [9.17, 15) is 0 Å². The van der Waals surface area contributed by atoms with Crippen molar-refractivity contribution in [3.63, 3.8) is 0 Å². The predicted molar refractivity (Wildman–Crippen MR) is 136 cm³/mol. The largest absolute Gasteiger partial charge is 0.497 e. The maximum absolute atomic E-state index is 5.20.